The molecule has 0 radical (unpaired) electrons. The highest BCUT2D eigenvalue weighted by molar-refractivity contribution is 6.53. The predicted octanol–water partition coefficient (Wildman–Crippen LogP) is 1.57. The van der Waals surface area contributed by atoms with E-state index in [0.717, 1.165) is 6.20 Å². The Morgan fingerprint density at radius 3 is 2.70 bits per heavy atom. The van der Waals surface area contributed by atoms with E-state index in [2.05, 4.69) is 9.98 Å². The van der Waals surface area contributed by atoms with Crippen molar-refractivity contribution in [1.29, 1.82) is 5.26 Å². The molecule has 1 aliphatic heterocycles. The molecular formula is C12H7BF2N4O. The van der Waals surface area contributed by atoms with Crippen molar-refractivity contribution in [3.63, 3.8) is 0 Å². The number of nitriles is 1. The van der Waals surface area contributed by atoms with Gasteiger partial charge in [-0.2, -0.15) is 5.26 Å². The van der Waals surface area contributed by atoms with Gasteiger partial charge in [0.15, 0.2) is 0 Å². The SMILES string of the molecule is N#Cc1ccc(C2=Nc3cncc[n+]3[B-](F)(F)O2)cc1. The highest BCUT2D eigenvalue weighted by Gasteiger charge is 2.46. The molecule has 2 aromatic rings. The lowest BCUT2D eigenvalue weighted by Crippen LogP contribution is -2.63. The molecule has 0 N–H and O–H groups in total. The molecular weight excluding hydrogens is 265 g/mol. The number of hydrogen-bond acceptors (Lipinski definition) is 4. The lowest BCUT2D eigenvalue weighted by molar-refractivity contribution is -0.568. The summed E-state index contributed by atoms with van der Waals surface area (Å²) < 4.78 is 33.2. The summed E-state index contributed by atoms with van der Waals surface area (Å²) in [4.78, 5) is 7.78. The molecule has 1 aliphatic rings. The zero-order valence-electron chi connectivity index (χ0n) is 10.1. The van der Waals surface area contributed by atoms with Crippen LogP contribution in [-0.2, 0) is 4.65 Å². The summed E-state index contributed by atoms with van der Waals surface area (Å²) in [5.41, 5.74) is 0.805. The van der Waals surface area contributed by atoms with Gasteiger partial charge in [0, 0.05) is 0 Å². The average Bonchev–Trinajstić information content (AvgIpc) is 2.47. The third kappa shape index (κ3) is 1.99. The monoisotopic (exact) mass is 272 g/mol. The molecule has 0 unspecified atom stereocenters. The number of fused-ring (bicyclic) bond motifs is 1. The third-order valence-corrected chi connectivity index (χ3v) is 2.82. The topological polar surface area (TPSA) is 62.2 Å². The smallest absolute Gasteiger partial charge is 0.590 e. The highest BCUT2D eigenvalue weighted by atomic mass is 19.3. The van der Waals surface area contributed by atoms with Gasteiger partial charge >= 0.3 is 12.9 Å². The maximum atomic E-state index is 13.9. The summed E-state index contributed by atoms with van der Waals surface area (Å²) in [6.07, 6.45) is 3.60. The van der Waals surface area contributed by atoms with Gasteiger partial charge in [0.05, 0.1) is 29.6 Å². The van der Waals surface area contributed by atoms with Crippen molar-refractivity contribution in [1.82, 2.24) is 4.98 Å². The van der Waals surface area contributed by atoms with Crippen LogP contribution in [0, 0.1) is 11.3 Å². The Morgan fingerprint density at radius 2 is 2.00 bits per heavy atom. The Morgan fingerprint density at radius 1 is 1.25 bits per heavy atom. The first-order valence-corrected chi connectivity index (χ1v) is 5.75. The summed E-state index contributed by atoms with van der Waals surface area (Å²) in [7, 11) is -4.24. The van der Waals surface area contributed by atoms with Gasteiger partial charge in [-0.05, 0) is 29.3 Å². The van der Waals surface area contributed by atoms with E-state index >= 15 is 0 Å². The number of aliphatic imine (C=N–C) groups is 1. The lowest BCUT2D eigenvalue weighted by atomic mass is 10.0. The second kappa shape index (κ2) is 4.38. The van der Waals surface area contributed by atoms with Gasteiger partial charge in [-0.3, -0.25) is 4.98 Å². The van der Waals surface area contributed by atoms with E-state index in [-0.39, 0.29) is 11.7 Å². The molecule has 20 heavy (non-hydrogen) atoms. The Hall–Kier alpha value is -2.82. The molecule has 8 heteroatoms. The summed E-state index contributed by atoms with van der Waals surface area (Å²) in [6.45, 7) is 0. The number of hydrogen-bond donors (Lipinski definition) is 0. The Bertz CT molecular complexity index is 740. The summed E-state index contributed by atoms with van der Waals surface area (Å²) in [5.74, 6) is -0.171. The van der Waals surface area contributed by atoms with Gasteiger partial charge in [0.1, 0.15) is 6.20 Å². The standard InChI is InChI=1S/C12H7BF2N4O/c14-13(15)19-6-5-17-8-11(19)18-12(20-13)10-3-1-9(7-16)2-4-10/h1-6,8H. The fourth-order valence-electron chi connectivity index (χ4n) is 1.85. The molecule has 0 aliphatic carbocycles. The summed E-state index contributed by atoms with van der Waals surface area (Å²) in [5, 5.41) is 8.71. The van der Waals surface area contributed by atoms with E-state index in [9.17, 15) is 8.63 Å². The van der Waals surface area contributed by atoms with Crippen molar-refractivity contribution in [2.45, 2.75) is 0 Å². The normalized spacial score (nSPS) is 15.6. The van der Waals surface area contributed by atoms with Crippen LogP contribution in [0.25, 0.3) is 0 Å². The van der Waals surface area contributed by atoms with E-state index in [1.54, 1.807) is 0 Å². The van der Waals surface area contributed by atoms with Crippen LogP contribution in [0.15, 0.2) is 47.8 Å². The van der Waals surface area contributed by atoms with Crippen LogP contribution in [0.2, 0.25) is 0 Å². The zero-order chi connectivity index (χ0) is 14.2. The Balaban J connectivity index is 2.08. The van der Waals surface area contributed by atoms with E-state index in [1.165, 1.54) is 36.7 Å². The number of aromatic nitrogens is 2. The van der Waals surface area contributed by atoms with Crippen molar-refractivity contribution in [2.24, 2.45) is 4.99 Å². The fourth-order valence-corrected chi connectivity index (χ4v) is 1.85. The first kappa shape index (κ1) is 12.2. The molecule has 0 bridgehead atoms. The van der Waals surface area contributed by atoms with Crippen LogP contribution in [0.4, 0.5) is 14.4 Å². The summed E-state index contributed by atoms with van der Waals surface area (Å²) in [6, 6.07) is 7.99. The van der Waals surface area contributed by atoms with Gasteiger partial charge in [0.25, 0.3) is 5.90 Å². The van der Waals surface area contributed by atoms with Crippen LogP contribution in [0.3, 0.4) is 0 Å². The third-order valence-electron chi connectivity index (χ3n) is 2.82. The molecule has 0 fully saturated rings. The molecule has 1 aromatic carbocycles. The zero-order valence-corrected chi connectivity index (χ0v) is 10.1. The van der Waals surface area contributed by atoms with Gasteiger partial charge in [-0.25, -0.2) is 0 Å². The van der Waals surface area contributed by atoms with Gasteiger partial charge in [-0.15, -0.1) is 0 Å². The van der Waals surface area contributed by atoms with Crippen molar-refractivity contribution < 1.29 is 17.8 Å². The second-order valence-corrected chi connectivity index (χ2v) is 4.13. The average molecular weight is 272 g/mol. The lowest BCUT2D eigenvalue weighted by Gasteiger charge is -2.26. The Labute approximate surface area is 112 Å². The molecule has 0 atom stereocenters. The van der Waals surface area contributed by atoms with Crippen LogP contribution < -0.4 is 4.48 Å². The van der Waals surface area contributed by atoms with E-state index in [4.69, 9.17) is 9.92 Å². The maximum Gasteiger partial charge on any atom is 0.736 e. The fraction of sp³-hybridized carbons (Fsp3) is 0. The number of benzene rings is 1. The number of halogens is 2. The van der Waals surface area contributed by atoms with Crippen LogP contribution in [0.5, 0.6) is 0 Å². The first-order valence-electron chi connectivity index (χ1n) is 5.75. The molecule has 1 aromatic heterocycles. The molecule has 0 spiro atoms. The van der Waals surface area contributed by atoms with Gasteiger partial charge in [0.2, 0.25) is 0 Å². The molecule has 0 amide bonds. The number of nitrogens with zero attached hydrogens (tertiary/aromatic N) is 4. The highest BCUT2D eigenvalue weighted by Crippen LogP contribution is 2.21. The maximum absolute atomic E-state index is 13.9. The summed E-state index contributed by atoms with van der Waals surface area (Å²) >= 11 is 0. The minimum atomic E-state index is -4.24. The number of rotatable bonds is 1. The van der Waals surface area contributed by atoms with Crippen molar-refractivity contribution in [2.75, 3.05) is 0 Å². The van der Waals surface area contributed by atoms with E-state index < -0.39 is 7.04 Å². The van der Waals surface area contributed by atoms with Crippen LogP contribution >= 0.6 is 0 Å². The minimum absolute atomic E-state index is 0.0168. The van der Waals surface area contributed by atoms with E-state index in [0.29, 0.717) is 15.6 Å². The van der Waals surface area contributed by atoms with Crippen LogP contribution in [-0.4, -0.2) is 17.9 Å². The largest absolute Gasteiger partial charge is 0.736 e. The van der Waals surface area contributed by atoms with Crippen molar-refractivity contribution >= 4 is 18.8 Å². The Kier molecular flexibility index (Phi) is 2.68. The molecule has 98 valence electrons. The van der Waals surface area contributed by atoms with Crippen molar-refractivity contribution in [3.05, 3.63) is 54.0 Å². The molecule has 2 heterocycles. The van der Waals surface area contributed by atoms with Crippen LogP contribution in [0.1, 0.15) is 11.1 Å². The van der Waals surface area contributed by atoms with Crippen molar-refractivity contribution in [3.8, 4) is 6.07 Å². The second-order valence-electron chi connectivity index (χ2n) is 4.13. The molecule has 0 saturated heterocycles. The molecule has 5 nitrogen and oxygen atoms in total. The predicted molar refractivity (Wildman–Crippen MR) is 66.2 cm³/mol. The first-order chi connectivity index (χ1) is 9.60. The minimum Gasteiger partial charge on any atom is -0.590 e. The molecule has 3 rings (SSSR count). The van der Waals surface area contributed by atoms with Gasteiger partial charge < -0.3 is 17.8 Å². The van der Waals surface area contributed by atoms with E-state index in [1.807, 2.05) is 6.07 Å². The quantitative estimate of drug-likeness (QED) is 0.740. The van der Waals surface area contributed by atoms with Gasteiger partial charge in [-0.1, -0.05) is 0 Å². The molecule has 0 saturated carbocycles.